The van der Waals surface area contributed by atoms with Gasteiger partial charge in [-0.15, -0.1) is 0 Å². The van der Waals surface area contributed by atoms with Crippen molar-refractivity contribution in [2.45, 2.75) is 98.5 Å². The molecule has 12 heteroatoms. The topological polar surface area (TPSA) is 132 Å². The first-order valence-electron chi connectivity index (χ1n) is 16.7. The van der Waals surface area contributed by atoms with Crippen LogP contribution in [0.1, 0.15) is 75.7 Å². The highest BCUT2D eigenvalue weighted by Crippen LogP contribution is 2.31. The fraction of sp³-hybridized carbons (Fsp3) is 0.971. The minimum Gasteiger partial charge on any atom is -0.388 e. The van der Waals surface area contributed by atoms with Gasteiger partial charge in [-0.25, -0.2) is 0 Å². The summed E-state index contributed by atoms with van der Waals surface area (Å²) in [7, 11) is 0. The molecule has 1 unspecified atom stereocenters. The van der Waals surface area contributed by atoms with Crippen LogP contribution >= 0.6 is 0 Å². The number of hydrogen-bond acceptors (Lipinski definition) is 12. The molecule has 46 heavy (non-hydrogen) atoms. The Balaban J connectivity index is 3.81. The highest BCUT2D eigenvalue weighted by Gasteiger charge is 2.35. The van der Waals surface area contributed by atoms with Crippen molar-refractivity contribution in [3.05, 3.63) is 0 Å². The molecule has 0 saturated carbocycles. The summed E-state index contributed by atoms with van der Waals surface area (Å²) in [6, 6.07) is 0. The van der Waals surface area contributed by atoms with Gasteiger partial charge < -0.3 is 53.1 Å². The monoisotopic (exact) mass is 667 g/mol. The van der Waals surface area contributed by atoms with Crippen LogP contribution in [-0.2, 0) is 47.4 Å². The largest absolute Gasteiger partial charge is 0.388 e. The predicted octanol–water partition coefficient (Wildman–Crippen LogP) is 3.45. The van der Waals surface area contributed by atoms with Crippen molar-refractivity contribution in [1.29, 1.82) is 0 Å². The number of nitrogens with one attached hydrogen (secondary N) is 1. The molecule has 1 atom stereocenters. The third kappa shape index (κ3) is 30.6. The number of carbonyl (C=O) groups is 1. The normalized spacial score (nSPS) is 13.8. The molecule has 0 spiro atoms. The Morgan fingerprint density at radius 1 is 0.565 bits per heavy atom. The summed E-state index contributed by atoms with van der Waals surface area (Å²) in [6.07, 6.45) is -0.314. The molecule has 0 aliphatic carbocycles. The Bertz CT molecular complexity index is 736. The first-order chi connectivity index (χ1) is 21.4. The molecule has 0 radical (unpaired) electrons. The van der Waals surface area contributed by atoms with Gasteiger partial charge in [0.05, 0.1) is 110 Å². The molecule has 0 aromatic carbocycles. The van der Waals surface area contributed by atoms with Crippen LogP contribution in [0.3, 0.4) is 0 Å². The third-order valence-electron chi connectivity index (χ3n) is 6.36. The summed E-state index contributed by atoms with van der Waals surface area (Å²) in [4.78, 5) is 12.8. The maximum absolute atomic E-state index is 12.8. The number of aliphatic hydroxyl groups excluding tert-OH is 1. The van der Waals surface area contributed by atoms with Crippen LogP contribution in [0.2, 0.25) is 0 Å². The zero-order valence-electron chi connectivity index (χ0n) is 30.8. The Morgan fingerprint density at radius 3 is 1.48 bits per heavy atom. The van der Waals surface area contributed by atoms with Gasteiger partial charge in [-0.2, -0.15) is 0 Å². The number of Topliss-reactive ketones (excluding diaryl/α,β-unsaturated/α-hetero) is 1. The molecule has 0 heterocycles. The quantitative estimate of drug-likeness (QED) is 0.105. The number of hydrogen-bond donors (Lipinski definition) is 2. The van der Waals surface area contributed by atoms with Crippen LogP contribution in [0.25, 0.3) is 0 Å². The molecule has 0 aliphatic heterocycles. The summed E-state index contributed by atoms with van der Waals surface area (Å²) in [5, 5.41) is 13.6. The second-order valence-electron chi connectivity index (χ2n) is 14.5. The van der Waals surface area contributed by atoms with Gasteiger partial charge in [-0.05, 0) is 61.8 Å². The lowest BCUT2D eigenvalue weighted by Gasteiger charge is -2.34. The van der Waals surface area contributed by atoms with E-state index in [0.717, 1.165) is 6.54 Å². The SMILES string of the molecule is CC(C)(C)NCCOCCOCCOCCOCC(=O)C(C)(C)CC(C)(C)OCC(O)COCCOCCOCCOC(C)(C)C. The predicted molar refractivity (Wildman–Crippen MR) is 179 cm³/mol. The summed E-state index contributed by atoms with van der Waals surface area (Å²) < 4.78 is 50.1. The van der Waals surface area contributed by atoms with E-state index in [1.54, 1.807) is 0 Å². The van der Waals surface area contributed by atoms with Gasteiger partial charge in [0, 0.05) is 17.5 Å². The smallest absolute Gasteiger partial charge is 0.164 e. The van der Waals surface area contributed by atoms with E-state index in [1.807, 2.05) is 48.5 Å². The number of aliphatic hydroxyl groups is 1. The second kappa shape index (κ2) is 25.2. The van der Waals surface area contributed by atoms with Crippen LogP contribution < -0.4 is 5.32 Å². The van der Waals surface area contributed by atoms with E-state index in [0.29, 0.717) is 92.3 Å². The highest BCUT2D eigenvalue weighted by atomic mass is 16.6. The lowest BCUT2D eigenvalue weighted by molar-refractivity contribution is -0.139. The summed E-state index contributed by atoms with van der Waals surface area (Å²) in [5.74, 6) is -0.0160. The number of rotatable bonds is 31. The Labute approximate surface area is 279 Å². The van der Waals surface area contributed by atoms with Gasteiger partial charge in [-0.3, -0.25) is 4.79 Å². The minimum absolute atomic E-state index is 0.000623. The number of carbonyl (C=O) groups excluding carboxylic acids is 1. The fourth-order valence-electron chi connectivity index (χ4n) is 4.17. The van der Waals surface area contributed by atoms with Gasteiger partial charge in [0.15, 0.2) is 5.78 Å². The zero-order valence-corrected chi connectivity index (χ0v) is 30.8. The summed E-state index contributed by atoms with van der Waals surface area (Å²) in [6.45, 7) is 27.2. The van der Waals surface area contributed by atoms with Crippen molar-refractivity contribution in [2.75, 3.05) is 112 Å². The lowest BCUT2D eigenvalue weighted by Crippen LogP contribution is -2.39. The molecule has 0 rings (SSSR count). The van der Waals surface area contributed by atoms with E-state index >= 15 is 0 Å². The maximum Gasteiger partial charge on any atom is 0.164 e. The highest BCUT2D eigenvalue weighted by molar-refractivity contribution is 5.85. The van der Waals surface area contributed by atoms with E-state index in [1.165, 1.54) is 0 Å². The summed E-state index contributed by atoms with van der Waals surface area (Å²) >= 11 is 0. The number of ether oxygens (including phenoxy) is 9. The van der Waals surface area contributed by atoms with Gasteiger partial charge in [0.2, 0.25) is 0 Å². The summed E-state index contributed by atoms with van der Waals surface area (Å²) in [5.41, 5.74) is -1.36. The average molecular weight is 668 g/mol. The van der Waals surface area contributed by atoms with Crippen LogP contribution in [0, 0.1) is 5.41 Å². The van der Waals surface area contributed by atoms with E-state index in [9.17, 15) is 9.90 Å². The molecule has 0 aromatic heterocycles. The Hall–Kier alpha value is -0.770. The average Bonchev–Trinajstić information content (AvgIpc) is 2.93. The van der Waals surface area contributed by atoms with Crippen LogP contribution in [0.15, 0.2) is 0 Å². The van der Waals surface area contributed by atoms with E-state index in [-0.39, 0.29) is 36.7 Å². The number of ketones is 1. The lowest BCUT2D eigenvalue weighted by atomic mass is 9.78. The van der Waals surface area contributed by atoms with Crippen LogP contribution in [0.4, 0.5) is 0 Å². The van der Waals surface area contributed by atoms with Crippen molar-refractivity contribution < 1.29 is 52.5 Å². The third-order valence-corrected chi connectivity index (χ3v) is 6.36. The van der Waals surface area contributed by atoms with Crippen LogP contribution in [0.5, 0.6) is 0 Å². The molecule has 0 fully saturated rings. The molecule has 12 nitrogen and oxygen atoms in total. The van der Waals surface area contributed by atoms with E-state index < -0.39 is 17.1 Å². The molecule has 0 aliphatic rings. The van der Waals surface area contributed by atoms with Crippen molar-refractivity contribution in [2.24, 2.45) is 5.41 Å². The van der Waals surface area contributed by atoms with E-state index in [4.69, 9.17) is 42.6 Å². The Kier molecular flexibility index (Phi) is 24.8. The van der Waals surface area contributed by atoms with Gasteiger partial charge in [-0.1, -0.05) is 13.8 Å². The van der Waals surface area contributed by atoms with E-state index in [2.05, 4.69) is 26.1 Å². The van der Waals surface area contributed by atoms with Crippen LogP contribution in [-0.4, -0.2) is 146 Å². The second-order valence-corrected chi connectivity index (χ2v) is 14.5. The van der Waals surface area contributed by atoms with Crippen molar-refractivity contribution >= 4 is 5.78 Å². The molecule has 0 saturated heterocycles. The van der Waals surface area contributed by atoms with Crippen molar-refractivity contribution in [1.82, 2.24) is 5.32 Å². The van der Waals surface area contributed by atoms with Gasteiger partial charge in [0.1, 0.15) is 12.7 Å². The van der Waals surface area contributed by atoms with Gasteiger partial charge in [0.25, 0.3) is 0 Å². The molecule has 0 amide bonds. The maximum atomic E-state index is 12.8. The standard InChI is InChI=1S/C34H69NO11/c1-31(2,3)35-11-12-38-13-14-39-15-16-41-20-22-44-27-30(37)33(7,8)28-34(9,10)46-26-29(36)25-43-21-19-40-17-18-42-23-24-45-32(4,5)6/h29,35-36H,11-28H2,1-10H3. The first kappa shape index (κ1) is 45.2. The molecule has 0 bridgehead atoms. The first-order valence-corrected chi connectivity index (χ1v) is 16.7. The minimum atomic E-state index is -0.785. The fourth-order valence-corrected chi connectivity index (χ4v) is 4.17. The van der Waals surface area contributed by atoms with Crippen molar-refractivity contribution in [3.63, 3.8) is 0 Å². The molecular weight excluding hydrogens is 598 g/mol. The van der Waals surface area contributed by atoms with Crippen molar-refractivity contribution in [3.8, 4) is 0 Å². The molecule has 0 aromatic rings. The van der Waals surface area contributed by atoms with Gasteiger partial charge >= 0.3 is 0 Å². The molecular formula is C34H69NO11. The zero-order chi connectivity index (χ0) is 35.0. The molecule has 276 valence electrons. The Morgan fingerprint density at radius 2 is 1.00 bits per heavy atom. The molecule has 2 N–H and O–H groups in total.